The molecule has 1 rings (SSSR count). The number of carbonyl (C=O) groups excluding carboxylic acids is 2. The highest BCUT2D eigenvalue weighted by atomic mass is 16.5. The van der Waals surface area contributed by atoms with Gasteiger partial charge in [-0.05, 0) is 27.9 Å². The zero-order chi connectivity index (χ0) is 14.4. The van der Waals surface area contributed by atoms with Crippen LogP contribution in [0.15, 0.2) is 0 Å². The minimum absolute atomic E-state index is 0.0665. The van der Waals surface area contributed by atoms with Gasteiger partial charge in [0.25, 0.3) is 0 Å². The van der Waals surface area contributed by atoms with Crippen LogP contribution >= 0.6 is 0 Å². The molecule has 0 spiro atoms. The summed E-state index contributed by atoms with van der Waals surface area (Å²) in [5, 5.41) is 3.08. The zero-order valence-electron chi connectivity index (χ0n) is 12.3. The second kappa shape index (κ2) is 7.57. The van der Waals surface area contributed by atoms with Gasteiger partial charge in [-0.15, -0.1) is 0 Å². The third-order valence-corrected chi connectivity index (χ3v) is 3.02. The van der Waals surface area contributed by atoms with Crippen molar-refractivity contribution in [2.45, 2.75) is 32.4 Å². The van der Waals surface area contributed by atoms with Crippen molar-refractivity contribution in [3.63, 3.8) is 0 Å². The number of likely N-dealkylation sites (tertiary alicyclic amines) is 1. The fourth-order valence-corrected chi connectivity index (χ4v) is 2.01. The minimum atomic E-state index is -0.382. The Bertz CT molecular complexity index is 318. The van der Waals surface area contributed by atoms with Gasteiger partial charge in [0.1, 0.15) is 0 Å². The highest BCUT2D eigenvalue weighted by Crippen LogP contribution is 2.15. The molecular weight excluding hydrogens is 246 g/mol. The van der Waals surface area contributed by atoms with E-state index in [1.807, 2.05) is 32.8 Å². The highest BCUT2D eigenvalue weighted by Gasteiger charge is 2.39. The van der Waals surface area contributed by atoms with Gasteiger partial charge in [-0.2, -0.15) is 0 Å². The number of amides is 2. The van der Waals surface area contributed by atoms with Crippen LogP contribution in [0.25, 0.3) is 0 Å². The quantitative estimate of drug-likeness (QED) is 0.485. The summed E-state index contributed by atoms with van der Waals surface area (Å²) in [6.07, 6.45) is 0.259. The van der Waals surface area contributed by atoms with Crippen molar-refractivity contribution in [1.82, 2.24) is 15.1 Å². The van der Waals surface area contributed by atoms with Gasteiger partial charge in [-0.25, -0.2) is 0 Å². The number of hydrogen-bond donors (Lipinski definition) is 1. The Balaban J connectivity index is 2.20. The molecule has 1 atom stereocenters. The first-order valence-corrected chi connectivity index (χ1v) is 6.75. The number of ether oxygens (including phenoxy) is 1. The fraction of sp³-hybridized carbons (Fsp3) is 0.846. The van der Waals surface area contributed by atoms with Gasteiger partial charge >= 0.3 is 0 Å². The van der Waals surface area contributed by atoms with Crippen LogP contribution in [0.5, 0.6) is 0 Å². The Hall–Kier alpha value is -0.980. The summed E-state index contributed by atoms with van der Waals surface area (Å²) in [4.78, 5) is 27.0. The third kappa shape index (κ3) is 4.89. The van der Waals surface area contributed by atoms with E-state index in [0.717, 1.165) is 6.54 Å². The molecule has 1 fully saturated rings. The summed E-state index contributed by atoms with van der Waals surface area (Å²) in [6, 6.07) is -0.449. The van der Waals surface area contributed by atoms with Crippen LogP contribution in [0, 0.1) is 0 Å². The van der Waals surface area contributed by atoms with E-state index < -0.39 is 0 Å². The van der Waals surface area contributed by atoms with Crippen LogP contribution in [0.2, 0.25) is 0 Å². The molecule has 1 aliphatic rings. The summed E-state index contributed by atoms with van der Waals surface area (Å²) < 4.78 is 5.43. The molecule has 1 saturated heterocycles. The molecule has 0 aromatic rings. The molecule has 110 valence electrons. The minimum Gasteiger partial charge on any atom is -0.379 e. The lowest BCUT2D eigenvalue weighted by molar-refractivity contribution is -0.140. The lowest BCUT2D eigenvalue weighted by Gasteiger charge is -2.19. The van der Waals surface area contributed by atoms with Gasteiger partial charge in [-0.1, -0.05) is 0 Å². The van der Waals surface area contributed by atoms with Crippen molar-refractivity contribution >= 4 is 11.8 Å². The summed E-state index contributed by atoms with van der Waals surface area (Å²) in [6.45, 7) is 6.38. The first-order valence-electron chi connectivity index (χ1n) is 6.75. The first-order chi connectivity index (χ1) is 8.93. The second-order valence-electron chi connectivity index (χ2n) is 5.32. The number of nitrogens with one attached hydrogen (secondary N) is 1. The molecule has 6 heteroatoms. The van der Waals surface area contributed by atoms with E-state index in [9.17, 15) is 9.59 Å². The molecule has 1 aliphatic heterocycles. The van der Waals surface area contributed by atoms with Crippen LogP contribution < -0.4 is 5.32 Å². The van der Waals surface area contributed by atoms with E-state index in [0.29, 0.717) is 19.8 Å². The van der Waals surface area contributed by atoms with Crippen molar-refractivity contribution in [2.75, 3.05) is 40.4 Å². The maximum absolute atomic E-state index is 12.0. The van der Waals surface area contributed by atoms with Crippen molar-refractivity contribution in [2.24, 2.45) is 0 Å². The first kappa shape index (κ1) is 16.1. The Kier molecular flexibility index (Phi) is 6.41. The third-order valence-electron chi connectivity index (χ3n) is 3.02. The van der Waals surface area contributed by atoms with E-state index in [1.165, 1.54) is 4.90 Å². The number of carbonyl (C=O) groups is 2. The molecule has 2 amide bonds. The fourth-order valence-electron chi connectivity index (χ4n) is 2.01. The number of hydrogen-bond acceptors (Lipinski definition) is 5. The molecule has 0 bridgehead atoms. The van der Waals surface area contributed by atoms with E-state index in [4.69, 9.17) is 4.74 Å². The number of nitrogens with zero attached hydrogens (tertiary/aromatic N) is 2. The van der Waals surface area contributed by atoms with Crippen LogP contribution in [-0.2, 0) is 14.3 Å². The van der Waals surface area contributed by atoms with Crippen molar-refractivity contribution in [1.29, 1.82) is 0 Å². The number of imide groups is 1. The van der Waals surface area contributed by atoms with E-state index in [-0.39, 0.29) is 30.3 Å². The van der Waals surface area contributed by atoms with Gasteiger partial charge < -0.3 is 15.0 Å². The Morgan fingerprint density at radius 3 is 2.58 bits per heavy atom. The highest BCUT2D eigenvalue weighted by molar-refractivity contribution is 6.05. The molecule has 0 aromatic carbocycles. The average molecular weight is 271 g/mol. The number of rotatable bonds is 8. The van der Waals surface area contributed by atoms with Gasteiger partial charge in [0.05, 0.1) is 25.7 Å². The molecule has 0 aliphatic carbocycles. The molecule has 0 radical (unpaired) electrons. The standard InChI is InChI=1S/C13H25N3O3/c1-10(2)16-12(17)9-11(13(16)18)14-5-7-19-8-6-15(3)4/h10-11,14H,5-9H2,1-4H3. The van der Waals surface area contributed by atoms with E-state index in [1.54, 1.807) is 0 Å². The topological polar surface area (TPSA) is 61.9 Å². The molecule has 1 unspecified atom stereocenters. The molecule has 0 saturated carbocycles. The lowest BCUT2D eigenvalue weighted by atomic mass is 10.2. The second-order valence-corrected chi connectivity index (χ2v) is 5.32. The SMILES string of the molecule is CC(C)N1C(=O)CC(NCCOCCN(C)C)C1=O. The van der Waals surface area contributed by atoms with Crippen LogP contribution in [0.3, 0.4) is 0 Å². The van der Waals surface area contributed by atoms with Crippen LogP contribution in [-0.4, -0.2) is 74.1 Å². The van der Waals surface area contributed by atoms with Crippen LogP contribution in [0.4, 0.5) is 0 Å². The predicted molar refractivity (Wildman–Crippen MR) is 72.8 cm³/mol. The monoisotopic (exact) mass is 271 g/mol. The summed E-state index contributed by atoms with van der Waals surface area (Å²) in [7, 11) is 3.98. The molecule has 1 heterocycles. The molecule has 1 N–H and O–H groups in total. The Morgan fingerprint density at radius 1 is 1.37 bits per heavy atom. The maximum Gasteiger partial charge on any atom is 0.247 e. The van der Waals surface area contributed by atoms with Gasteiger partial charge in [0, 0.05) is 19.1 Å². The molecule has 0 aromatic heterocycles. The Labute approximate surface area is 115 Å². The average Bonchev–Trinajstić information content (AvgIpc) is 2.58. The molecule has 6 nitrogen and oxygen atoms in total. The van der Waals surface area contributed by atoms with Crippen molar-refractivity contribution in [3.8, 4) is 0 Å². The largest absolute Gasteiger partial charge is 0.379 e. The van der Waals surface area contributed by atoms with Gasteiger partial charge in [-0.3, -0.25) is 14.5 Å². The van der Waals surface area contributed by atoms with Crippen molar-refractivity contribution in [3.05, 3.63) is 0 Å². The molecular formula is C13H25N3O3. The maximum atomic E-state index is 12.0. The predicted octanol–water partition coefficient (Wildman–Crippen LogP) is -0.310. The molecule has 19 heavy (non-hydrogen) atoms. The van der Waals surface area contributed by atoms with Gasteiger partial charge in [0.2, 0.25) is 11.8 Å². The summed E-state index contributed by atoms with van der Waals surface area (Å²) in [5.74, 6) is -0.209. The normalized spacial score (nSPS) is 20.1. The van der Waals surface area contributed by atoms with E-state index in [2.05, 4.69) is 5.32 Å². The van der Waals surface area contributed by atoms with Crippen LogP contribution in [0.1, 0.15) is 20.3 Å². The van der Waals surface area contributed by atoms with Crippen molar-refractivity contribution < 1.29 is 14.3 Å². The van der Waals surface area contributed by atoms with E-state index >= 15 is 0 Å². The smallest absolute Gasteiger partial charge is 0.247 e. The Morgan fingerprint density at radius 2 is 2.05 bits per heavy atom. The number of likely N-dealkylation sites (N-methyl/N-ethyl adjacent to an activating group) is 1. The van der Waals surface area contributed by atoms with Gasteiger partial charge in [0.15, 0.2) is 0 Å². The zero-order valence-corrected chi connectivity index (χ0v) is 12.3. The lowest BCUT2D eigenvalue weighted by Crippen LogP contribution is -2.42. The summed E-state index contributed by atoms with van der Waals surface area (Å²) >= 11 is 0. The summed E-state index contributed by atoms with van der Waals surface area (Å²) in [5.41, 5.74) is 0.